The molecule has 0 bridgehead atoms. The summed E-state index contributed by atoms with van der Waals surface area (Å²) in [5.41, 5.74) is 0. The highest BCUT2D eigenvalue weighted by Crippen LogP contribution is 2.13. The number of ether oxygens (including phenoxy) is 3. The molecule has 1 atom stereocenters. The van der Waals surface area contributed by atoms with Crippen LogP contribution in [0.15, 0.2) is 0 Å². The molecule has 39 heavy (non-hydrogen) atoms. The zero-order valence-corrected chi connectivity index (χ0v) is 26.1. The van der Waals surface area contributed by atoms with E-state index in [0.717, 1.165) is 70.1 Å². The molecule has 0 aromatic carbocycles. The molecule has 0 heterocycles. The van der Waals surface area contributed by atoms with Gasteiger partial charge in [0, 0.05) is 19.3 Å². The Kier molecular flexibility index (Phi) is 26.8. The van der Waals surface area contributed by atoms with E-state index in [-0.39, 0.29) is 31.1 Å². The van der Waals surface area contributed by atoms with Crippen LogP contribution < -0.4 is 0 Å². The Bertz CT molecular complexity index is 589. The van der Waals surface area contributed by atoms with E-state index in [2.05, 4.69) is 27.7 Å². The summed E-state index contributed by atoms with van der Waals surface area (Å²) in [7, 11) is 0. The summed E-state index contributed by atoms with van der Waals surface area (Å²) in [6.07, 6.45) is 21.4. The molecule has 230 valence electrons. The summed E-state index contributed by atoms with van der Waals surface area (Å²) in [4.78, 5) is 36.8. The standard InChI is InChI=1S/C33H62O6/c1-5-7-9-11-12-18-22-26-33(36)39-30(27-37-31(34)24-20-15-10-8-6-2)28-38-32(35)25-21-17-14-13-16-19-23-29(3)4/h29-30H,5-28H2,1-4H3/t30-/m0/s1. The lowest BCUT2D eigenvalue weighted by atomic mass is 10.0. The third-order valence-electron chi connectivity index (χ3n) is 7.04. The third kappa shape index (κ3) is 27.8. The van der Waals surface area contributed by atoms with Crippen molar-refractivity contribution in [3.05, 3.63) is 0 Å². The number of carbonyl (C=O) groups is 3. The maximum atomic E-state index is 12.4. The second kappa shape index (κ2) is 28.0. The third-order valence-corrected chi connectivity index (χ3v) is 7.04. The minimum absolute atomic E-state index is 0.0689. The van der Waals surface area contributed by atoms with Gasteiger partial charge in [0.2, 0.25) is 0 Å². The molecule has 0 spiro atoms. The van der Waals surface area contributed by atoms with Gasteiger partial charge in [-0.1, -0.05) is 130 Å². The SMILES string of the molecule is CCCCCCCCCC(=O)O[C@@H](COC(=O)CCCCCCC)COC(=O)CCCCCCCCC(C)C. The molecule has 0 saturated heterocycles. The van der Waals surface area contributed by atoms with Crippen LogP contribution in [0.3, 0.4) is 0 Å². The highest BCUT2D eigenvalue weighted by atomic mass is 16.6. The van der Waals surface area contributed by atoms with E-state index in [4.69, 9.17) is 14.2 Å². The van der Waals surface area contributed by atoms with Crippen molar-refractivity contribution in [2.45, 2.75) is 175 Å². The van der Waals surface area contributed by atoms with Gasteiger partial charge in [0.05, 0.1) is 0 Å². The summed E-state index contributed by atoms with van der Waals surface area (Å²) >= 11 is 0. The predicted molar refractivity (Wildman–Crippen MR) is 160 cm³/mol. The number of hydrogen-bond acceptors (Lipinski definition) is 6. The van der Waals surface area contributed by atoms with E-state index in [1.165, 1.54) is 57.8 Å². The van der Waals surface area contributed by atoms with Crippen LogP contribution in [0.1, 0.15) is 169 Å². The van der Waals surface area contributed by atoms with Crippen molar-refractivity contribution < 1.29 is 28.6 Å². The molecule has 0 amide bonds. The normalized spacial score (nSPS) is 11.9. The van der Waals surface area contributed by atoms with Crippen LogP contribution in [0.25, 0.3) is 0 Å². The van der Waals surface area contributed by atoms with E-state index in [1.54, 1.807) is 0 Å². The highest BCUT2D eigenvalue weighted by molar-refractivity contribution is 5.71. The highest BCUT2D eigenvalue weighted by Gasteiger charge is 2.19. The van der Waals surface area contributed by atoms with E-state index in [9.17, 15) is 14.4 Å². The van der Waals surface area contributed by atoms with Crippen LogP contribution in [-0.2, 0) is 28.6 Å². The Morgan fingerprint density at radius 1 is 0.487 bits per heavy atom. The second-order valence-corrected chi connectivity index (χ2v) is 11.6. The lowest BCUT2D eigenvalue weighted by molar-refractivity contribution is -0.167. The fourth-order valence-electron chi connectivity index (χ4n) is 4.51. The van der Waals surface area contributed by atoms with Crippen molar-refractivity contribution >= 4 is 17.9 Å². The fourth-order valence-corrected chi connectivity index (χ4v) is 4.51. The first-order chi connectivity index (χ1) is 18.9. The summed E-state index contributed by atoms with van der Waals surface area (Å²) in [6, 6.07) is 0. The average Bonchev–Trinajstić information content (AvgIpc) is 2.90. The van der Waals surface area contributed by atoms with E-state index in [1.807, 2.05) is 0 Å². The Balaban J connectivity index is 4.34. The van der Waals surface area contributed by atoms with Crippen LogP contribution in [0.2, 0.25) is 0 Å². The van der Waals surface area contributed by atoms with Crippen LogP contribution in [0, 0.1) is 5.92 Å². The smallest absolute Gasteiger partial charge is 0.306 e. The fraction of sp³-hybridized carbons (Fsp3) is 0.909. The Morgan fingerprint density at radius 3 is 1.26 bits per heavy atom. The molecule has 0 fully saturated rings. The van der Waals surface area contributed by atoms with E-state index >= 15 is 0 Å². The summed E-state index contributed by atoms with van der Waals surface area (Å²) in [5, 5.41) is 0. The Labute approximate surface area is 240 Å². The molecule has 6 heteroatoms. The molecule has 0 aliphatic carbocycles. The first-order valence-corrected chi connectivity index (χ1v) is 16.4. The first kappa shape index (κ1) is 37.4. The van der Waals surface area contributed by atoms with Gasteiger partial charge in [0.15, 0.2) is 6.10 Å². The number of carbonyl (C=O) groups excluding carboxylic acids is 3. The summed E-state index contributed by atoms with van der Waals surface area (Å²) < 4.78 is 16.3. The lowest BCUT2D eigenvalue weighted by Gasteiger charge is -2.18. The molecule has 0 unspecified atom stereocenters. The predicted octanol–water partition coefficient (Wildman–Crippen LogP) is 9.26. The van der Waals surface area contributed by atoms with Crippen molar-refractivity contribution in [3.63, 3.8) is 0 Å². The van der Waals surface area contributed by atoms with Gasteiger partial charge in [0.25, 0.3) is 0 Å². The Hall–Kier alpha value is -1.59. The van der Waals surface area contributed by atoms with Gasteiger partial charge in [-0.15, -0.1) is 0 Å². The van der Waals surface area contributed by atoms with Gasteiger partial charge >= 0.3 is 17.9 Å². The van der Waals surface area contributed by atoms with Crippen LogP contribution >= 0.6 is 0 Å². The number of rotatable bonds is 28. The minimum atomic E-state index is -0.754. The summed E-state index contributed by atoms with van der Waals surface area (Å²) in [6.45, 7) is 8.73. The number of hydrogen-bond donors (Lipinski definition) is 0. The molecule has 6 nitrogen and oxygen atoms in total. The quantitative estimate of drug-likeness (QED) is 0.0545. The maximum absolute atomic E-state index is 12.4. The van der Waals surface area contributed by atoms with Crippen molar-refractivity contribution in [2.24, 2.45) is 5.92 Å². The first-order valence-electron chi connectivity index (χ1n) is 16.4. The molecular weight excluding hydrogens is 492 g/mol. The van der Waals surface area contributed by atoms with Gasteiger partial charge < -0.3 is 14.2 Å². The minimum Gasteiger partial charge on any atom is -0.462 e. The maximum Gasteiger partial charge on any atom is 0.306 e. The molecule has 0 aliphatic heterocycles. The molecular formula is C33H62O6. The van der Waals surface area contributed by atoms with Crippen molar-refractivity contribution in [1.82, 2.24) is 0 Å². The van der Waals surface area contributed by atoms with E-state index < -0.39 is 6.10 Å². The van der Waals surface area contributed by atoms with Crippen molar-refractivity contribution in [1.29, 1.82) is 0 Å². The molecule has 0 N–H and O–H groups in total. The van der Waals surface area contributed by atoms with Crippen LogP contribution in [0.5, 0.6) is 0 Å². The van der Waals surface area contributed by atoms with Crippen molar-refractivity contribution in [2.75, 3.05) is 13.2 Å². The number of esters is 3. The van der Waals surface area contributed by atoms with Gasteiger partial charge in [-0.3, -0.25) is 14.4 Å². The Morgan fingerprint density at radius 2 is 0.846 bits per heavy atom. The van der Waals surface area contributed by atoms with Crippen molar-refractivity contribution in [3.8, 4) is 0 Å². The molecule has 0 rings (SSSR count). The molecule has 0 radical (unpaired) electrons. The second-order valence-electron chi connectivity index (χ2n) is 11.6. The molecule has 0 aromatic heterocycles. The van der Waals surface area contributed by atoms with Gasteiger partial charge in [0.1, 0.15) is 13.2 Å². The molecule has 0 aromatic rings. The largest absolute Gasteiger partial charge is 0.462 e. The number of unbranched alkanes of at least 4 members (excludes halogenated alkanes) is 15. The average molecular weight is 555 g/mol. The topological polar surface area (TPSA) is 78.9 Å². The van der Waals surface area contributed by atoms with Gasteiger partial charge in [-0.2, -0.15) is 0 Å². The molecule has 0 aliphatic rings. The van der Waals surface area contributed by atoms with E-state index in [0.29, 0.717) is 19.3 Å². The zero-order chi connectivity index (χ0) is 29.0. The lowest BCUT2D eigenvalue weighted by Crippen LogP contribution is -2.30. The zero-order valence-electron chi connectivity index (χ0n) is 26.1. The summed E-state index contributed by atoms with van der Waals surface area (Å²) in [5.74, 6) is -0.135. The van der Waals surface area contributed by atoms with Gasteiger partial charge in [-0.25, -0.2) is 0 Å². The molecule has 0 saturated carbocycles. The monoisotopic (exact) mass is 554 g/mol. The van der Waals surface area contributed by atoms with Crippen LogP contribution in [0.4, 0.5) is 0 Å². The van der Waals surface area contributed by atoms with Gasteiger partial charge in [-0.05, 0) is 25.2 Å². The van der Waals surface area contributed by atoms with Crippen LogP contribution in [-0.4, -0.2) is 37.2 Å².